The van der Waals surface area contributed by atoms with Crippen molar-refractivity contribution in [3.63, 3.8) is 0 Å². The molecule has 0 atom stereocenters. The molecule has 0 N–H and O–H groups in total. The first-order chi connectivity index (χ1) is 12.1. The normalized spacial score (nSPS) is 15.0. The third-order valence-corrected chi connectivity index (χ3v) is 4.72. The highest BCUT2D eigenvalue weighted by molar-refractivity contribution is 6.19. The van der Waals surface area contributed by atoms with Crippen LogP contribution >= 0.6 is 0 Å². The fourth-order valence-electron chi connectivity index (χ4n) is 3.46. The summed E-state index contributed by atoms with van der Waals surface area (Å²) in [6.45, 7) is 4.09. The number of fused-ring (bicyclic) bond motifs is 3. The van der Waals surface area contributed by atoms with Crippen LogP contribution in [0.3, 0.4) is 0 Å². The molecule has 1 aliphatic heterocycles. The number of carbonyl (C=O) groups excluding carboxylic acids is 2. The third kappa shape index (κ3) is 2.43. The lowest BCUT2D eigenvalue weighted by atomic mass is 10.0. The maximum atomic E-state index is 11.7. The summed E-state index contributed by atoms with van der Waals surface area (Å²) in [5.41, 5.74) is 4.66. The topological polar surface area (TPSA) is 60.7 Å². The number of Topliss-reactive ketones (excluding diaryl/α,β-unsaturated/α-hetero) is 1. The summed E-state index contributed by atoms with van der Waals surface area (Å²) in [6, 6.07) is 11.9. The molecule has 0 saturated heterocycles. The zero-order valence-corrected chi connectivity index (χ0v) is 14.2. The lowest BCUT2D eigenvalue weighted by Crippen LogP contribution is -2.16. The minimum absolute atomic E-state index is 0.0579. The first-order valence-electron chi connectivity index (χ1n) is 8.43. The van der Waals surface area contributed by atoms with E-state index in [0.717, 1.165) is 39.6 Å². The van der Waals surface area contributed by atoms with Gasteiger partial charge in [-0.3, -0.25) is 4.79 Å². The summed E-state index contributed by atoms with van der Waals surface area (Å²) in [5, 5.41) is 6.25. The van der Waals surface area contributed by atoms with E-state index < -0.39 is 0 Å². The van der Waals surface area contributed by atoms with Gasteiger partial charge >= 0.3 is 5.97 Å². The standard InChI is InChI=1S/C20H18N2O3/c1-3-19(24)25-21-17-9-10-22-18-8-7-13(12(2)23)11-16(18)14-5-4-6-15(17)20(14)22/h4-8,11H,3,9-10H2,1-2H3/b21-17+. The maximum Gasteiger partial charge on any atom is 0.334 e. The van der Waals surface area contributed by atoms with Crippen LogP contribution in [0.1, 0.15) is 42.6 Å². The number of hydrogen-bond acceptors (Lipinski definition) is 4. The molecule has 0 amide bonds. The van der Waals surface area contributed by atoms with E-state index in [-0.39, 0.29) is 11.8 Å². The van der Waals surface area contributed by atoms with Crippen molar-refractivity contribution in [1.82, 2.24) is 4.57 Å². The van der Waals surface area contributed by atoms with Crippen molar-refractivity contribution >= 4 is 39.3 Å². The second-order valence-electron chi connectivity index (χ2n) is 6.25. The van der Waals surface area contributed by atoms with Gasteiger partial charge < -0.3 is 9.40 Å². The van der Waals surface area contributed by atoms with E-state index in [0.29, 0.717) is 18.4 Å². The third-order valence-electron chi connectivity index (χ3n) is 4.72. The predicted molar refractivity (Wildman–Crippen MR) is 97.0 cm³/mol. The Bertz CT molecular complexity index is 1060. The van der Waals surface area contributed by atoms with Gasteiger partial charge in [0.15, 0.2) is 5.78 Å². The summed E-state index contributed by atoms with van der Waals surface area (Å²) in [7, 11) is 0. The van der Waals surface area contributed by atoms with Gasteiger partial charge in [-0.15, -0.1) is 0 Å². The van der Waals surface area contributed by atoms with Crippen molar-refractivity contribution < 1.29 is 14.4 Å². The van der Waals surface area contributed by atoms with Gasteiger partial charge in [0, 0.05) is 46.8 Å². The number of oxime groups is 1. The van der Waals surface area contributed by atoms with Crippen LogP contribution in [-0.4, -0.2) is 22.0 Å². The zero-order chi connectivity index (χ0) is 17.6. The summed E-state index contributed by atoms with van der Waals surface area (Å²) < 4.78 is 2.25. The number of rotatable bonds is 3. The molecule has 0 spiro atoms. The molecule has 2 heterocycles. The number of aromatic nitrogens is 1. The highest BCUT2D eigenvalue weighted by Crippen LogP contribution is 2.35. The molecule has 4 rings (SSSR count). The van der Waals surface area contributed by atoms with E-state index >= 15 is 0 Å². The molecular formula is C20H18N2O3. The monoisotopic (exact) mass is 334 g/mol. The van der Waals surface area contributed by atoms with Crippen LogP contribution < -0.4 is 0 Å². The summed E-state index contributed by atoms with van der Waals surface area (Å²) >= 11 is 0. The molecule has 0 fully saturated rings. The number of aryl methyl sites for hydroxylation is 1. The molecule has 1 aromatic heterocycles. The van der Waals surface area contributed by atoms with Crippen LogP contribution in [0.15, 0.2) is 41.6 Å². The SMILES string of the molecule is CCC(=O)O/N=C1\CCn2c3ccc(C(C)=O)cc3c3cccc1c32. The van der Waals surface area contributed by atoms with Crippen LogP contribution in [0.2, 0.25) is 0 Å². The second-order valence-corrected chi connectivity index (χ2v) is 6.25. The molecule has 0 aliphatic carbocycles. The Morgan fingerprint density at radius 2 is 2.04 bits per heavy atom. The fraction of sp³-hybridized carbons (Fsp3) is 0.250. The summed E-state index contributed by atoms with van der Waals surface area (Å²) in [6.07, 6.45) is 0.996. The van der Waals surface area contributed by atoms with E-state index in [1.165, 1.54) is 0 Å². The average molecular weight is 334 g/mol. The quantitative estimate of drug-likeness (QED) is 0.412. The van der Waals surface area contributed by atoms with Crippen LogP contribution in [0.4, 0.5) is 0 Å². The number of hydrogen-bond donors (Lipinski definition) is 0. The zero-order valence-electron chi connectivity index (χ0n) is 14.2. The average Bonchev–Trinajstić information content (AvgIpc) is 2.96. The molecule has 0 radical (unpaired) electrons. The Morgan fingerprint density at radius 1 is 1.20 bits per heavy atom. The van der Waals surface area contributed by atoms with Crippen molar-refractivity contribution in [3.8, 4) is 0 Å². The Balaban J connectivity index is 1.95. The molecule has 1 aliphatic rings. The van der Waals surface area contributed by atoms with E-state index in [9.17, 15) is 9.59 Å². The highest BCUT2D eigenvalue weighted by atomic mass is 16.7. The first kappa shape index (κ1) is 15.6. The van der Waals surface area contributed by atoms with Gasteiger partial charge in [-0.1, -0.05) is 30.3 Å². The highest BCUT2D eigenvalue weighted by Gasteiger charge is 2.22. The second kappa shape index (κ2) is 5.84. The summed E-state index contributed by atoms with van der Waals surface area (Å²) in [5.74, 6) is -0.278. The lowest BCUT2D eigenvalue weighted by Gasteiger charge is -2.17. The molecule has 25 heavy (non-hydrogen) atoms. The molecule has 5 nitrogen and oxygen atoms in total. The van der Waals surface area contributed by atoms with E-state index in [4.69, 9.17) is 4.84 Å². The number of para-hydroxylation sites is 1. The predicted octanol–water partition coefficient (Wildman–Crippen LogP) is 4.06. The smallest absolute Gasteiger partial charge is 0.334 e. The fourth-order valence-corrected chi connectivity index (χ4v) is 3.46. The largest absolute Gasteiger partial charge is 0.340 e. The van der Waals surface area contributed by atoms with Gasteiger partial charge in [-0.05, 0) is 25.1 Å². The van der Waals surface area contributed by atoms with Crippen molar-refractivity contribution in [3.05, 3.63) is 47.5 Å². The van der Waals surface area contributed by atoms with Gasteiger partial charge in [0.2, 0.25) is 0 Å². The van der Waals surface area contributed by atoms with Crippen LogP contribution in [0, 0.1) is 0 Å². The van der Waals surface area contributed by atoms with Crippen LogP contribution in [0.5, 0.6) is 0 Å². The Hall–Kier alpha value is -2.95. The van der Waals surface area contributed by atoms with Crippen molar-refractivity contribution in [2.24, 2.45) is 5.16 Å². The minimum Gasteiger partial charge on any atom is -0.340 e. The van der Waals surface area contributed by atoms with Crippen molar-refractivity contribution in [1.29, 1.82) is 0 Å². The molecule has 2 aromatic carbocycles. The van der Waals surface area contributed by atoms with E-state index in [1.54, 1.807) is 13.8 Å². The van der Waals surface area contributed by atoms with E-state index in [2.05, 4.69) is 15.8 Å². The summed E-state index contributed by atoms with van der Waals surface area (Å²) in [4.78, 5) is 28.2. The van der Waals surface area contributed by atoms with Gasteiger partial charge in [0.25, 0.3) is 0 Å². The molecular weight excluding hydrogens is 316 g/mol. The van der Waals surface area contributed by atoms with Gasteiger partial charge in [-0.2, -0.15) is 0 Å². The number of ketones is 1. The maximum absolute atomic E-state index is 11.7. The first-order valence-corrected chi connectivity index (χ1v) is 8.43. The molecule has 0 unspecified atom stereocenters. The molecule has 0 bridgehead atoms. The molecule has 5 heteroatoms. The minimum atomic E-state index is -0.336. The molecule has 3 aromatic rings. The number of carbonyl (C=O) groups is 2. The van der Waals surface area contributed by atoms with Gasteiger partial charge in [0.1, 0.15) is 0 Å². The van der Waals surface area contributed by atoms with Crippen molar-refractivity contribution in [2.45, 2.75) is 33.2 Å². The lowest BCUT2D eigenvalue weighted by molar-refractivity contribution is -0.143. The van der Waals surface area contributed by atoms with Crippen LogP contribution in [0.25, 0.3) is 21.8 Å². The Morgan fingerprint density at radius 3 is 2.80 bits per heavy atom. The van der Waals surface area contributed by atoms with Crippen molar-refractivity contribution in [2.75, 3.05) is 0 Å². The van der Waals surface area contributed by atoms with Gasteiger partial charge in [-0.25, -0.2) is 4.79 Å². The van der Waals surface area contributed by atoms with Gasteiger partial charge in [0.05, 0.1) is 11.2 Å². The number of benzene rings is 2. The Labute approximate surface area is 144 Å². The van der Waals surface area contributed by atoms with E-state index in [1.807, 2.05) is 30.3 Å². The molecule has 0 saturated carbocycles. The van der Waals surface area contributed by atoms with Crippen LogP contribution in [-0.2, 0) is 16.2 Å². The number of nitrogens with zero attached hydrogens (tertiary/aromatic N) is 2. The molecule has 126 valence electrons. The Kier molecular flexibility index (Phi) is 3.64.